The van der Waals surface area contributed by atoms with Gasteiger partial charge in [-0.1, -0.05) is 19.3 Å². The molecule has 4 N–H and O–H groups in total. The number of urea groups is 1. The number of rotatable bonds is 7. The average Bonchev–Trinajstić information content (AvgIpc) is 2.65. The number of primary amides is 1. The molecule has 2 heterocycles. The molecule has 0 aliphatic carbocycles. The minimum Gasteiger partial charge on any atom is -0.351 e. The van der Waals surface area contributed by atoms with Gasteiger partial charge < -0.3 is 16.4 Å². The number of nitrogens with two attached hydrogens (primary N) is 1. The van der Waals surface area contributed by atoms with E-state index in [4.69, 9.17) is 5.73 Å². The monoisotopic (exact) mass is 376 g/mol. The van der Waals surface area contributed by atoms with Crippen LogP contribution in [0.25, 0.3) is 0 Å². The summed E-state index contributed by atoms with van der Waals surface area (Å²) < 4.78 is 2.47. The lowest BCUT2D eigenvalue weighted by atomic mass is 9.87. The molecule has 2 amide bonds. The summed E-state index contributed by atoms with van der Waals surface area (Å²) >= 11 is 1.82. The second-order valence-corrected chi connectivity index (χ2v) is 8.77. The second-order valence-electron chi connectivity index (χ2n) is 7.60. The number of anilines is 1. The highest BCUT2D eigenvalue weighted by molar-refractivity contribution is 7.97. The van der Waals surface area contributed by atoms with Crippen LogP contribution in [0.4, 0.5) is 10.5 Å². The molecular weight excluding hydrogens is 344 g/mol. The largest absolute Gasteiger partial charge is 0.351 e. The molecular formula is C20H32N4OS. The molecule has 1 aromatic carbocycles. The van der Waals surface area contributed by atoms with Crippen LogP contribution in [0.1, 0.15) is 44.9 Å². The lowest BCUT2D eigenvalue weighted by Gasteiger charge is -2.31. The number of amides is 2. The van der Waals surface area contributed by atoms with Crippen molar-refractivity contribution in [3.05, 3.63) is 24.3 Å². The maximum atomic E-state index is 10.9. The summed E-state index contributed by atoms with van der Waals surface area (Å²) in [4.78, 5) is 12.1. The summed E-state index contributed by atoms with van der Waals surface area (Å²) in [6.45, 7) is 4.79. The molecule has 0 unspecified atom stereocenters. The van der Waals surface area contributed by atoms with Gasteiger partial charge in [0.25, 0.3) is 0 Å². The van der Waals surface area contributed by atoms with E-state index in [-0.39, 0.29) is 0 Å². The first-order valence-corrected chi connectivity index (χ1v) is 10.8. The fourth-order valence-electron chi connectivity index (χ4n) is 4.05. The fraction of sp³-hybridized carbons (Fsp3) is 0.650. The Kier molecular flexibility index (Phi) is 7.65. The molecule has 0 radical (unpaired) electrons. The minimum absolute atomic E-state index is 0.521. The van der Waals surface area contributed by atoms with Gasteiger partial charge in [0.2, 0.25) is 0 Å². The molecule has 0 spiro atoms. The molecule has 6 heteroatoms. The highest BCUT2D eigenvalue weighted by atomic mass is 32.2. The van der Waals surface area contributed by atoms with Gasteiger partial charge in [-0.2, -0.15) is 0 Å². The van der Waals surface area contributed by atoms with E-state index in [0.717, 1.165) is 17.5 Å². The average molecular weight is 377 g/mol. The third-order valence-electron chi connectivity index (χ3n) is 5.61. The number of hydrogen-bond donors (Lipinski definition) is 3. The number of nitrogens with zero attached hydrogens (tertiary/aromatic N) is 1. The molecule has 144 valence electrons. The van der Waals surface area contributed by atoms with Gasteiger partial charge >= 0.3 is 6.03 Å². The van der Waals surface area contributed by atoms with Crippen LogP contribution < -0.4 is 16.4 Å². The van der Waals surface area contributed by atoms with Gasteiger partial charge in [-0.05, 0) is 86.8 Å². The highest BCUT2D eigenvalue weighted by Crippen LogP contribution is 2.31. The Bertz CT molecular complexity index is 551. The number of hydrogen-bond acceptors (Lipinski definition) is 4. The van der Waals surface area contributed by atoms with Crippen molar-refractivity contribution in [3.8, 4) is 0 Å². The zero-order chi connectivity index (χ0) is 18.2. The van der Waals surface area contributed by atoms with Gasteiger partial charge in [0.05, 0.1) is 0 Å². The molecule has 0 atom stereocenters. The number of carbonyl (C=O) groups excluding carboxylic acids is 1. The van der Waals surface area contributed by atoms with Crippen LogP contribution in [-0.4, -0.2) is 36.5 Å². The zero-order valence-corrected chi connectivity index (χ0v) is 16.4. The first-order valence-electron chi connectivity index (χ1n) is 9.99. The van der Waals surface area contributed by atoms with Crippen molar-refractivity contribution in [1.82, 2.24) is 9.62 Å². The lowest BCUT2D eigenvalue weighted by Crippen LogP contribution is -2.29. The first-order chi connectivity index (χ1) is 12.7. The van der Waals surface area contributed by atoms with Crippen LogP contribution in [-0.2, 0) is 0 Å². The van der Waals surface area contributed by atoms with Gasteiger partial charge in [0.1, 0.15) is 0 Å². The zero-order valence-electron chi connectivity index (χ0n) is 15.6. The van der Waals surface area contributed by atoms with E-state index < -0.39 is 6.03 Å². The summed E-state index contributed by atoms with van der Waals surface area (Å²) in [5.41, 5.74) is 5.88. The van der Waals surface area contributed by atoms with Gasteiger partial charge in [0, 0.05) is 23.7 Å². The number of nitrogens with one attached hydrogen (secondary N) is 2. The summed E-state index contributed by atoms with van der Waals surface area (Å²) in [7, 11) is 0. The molecule has 2 aliphatic heterocycles. The quantitative estimate of drug-likeness (QED) is 0.628. The van der Waals surface area contributed by atoms with Crippen molar-refractivity contribution in [2.24, 2.45) is 17.6 Å². The first kappa shape index (κ1) is 19.5. The molecule has 0 bridgehead atoms. The van der Waals surface area contributed by atoms with E-state index in [2.05, 4.69) is 14.9 Å². The lowest BCUT2D eigenvalue weighted by molar-refractivity contribution is 0.259. The summed E-state index contributed by atoms with van der Waals surface area (Å²) in [5.74, 6) is 1.88. The predicted molar refractivity (Wildman–Crippen MR) is 109 cm³/mol. The van der Waals surface area contributed by atoms with E-state index in [1.165, 1.54) is 76.0 Å². The van der Waals surface area contributed by atoms with Gasteiger partial charge in [0.15, 0.2) is 0 Å². The topological polar surface area (TPSA) is 70.4 Å². The Labute approximate surface area is 161 Å². The third-order valence-corrected chi connectivity index (χ3v) is 6.72. The fourth-order valence-corrected chi connectivity index (χ4v) is 4.99. The van der Waals surface area contributed by atoms with Crippen molar-refractivity contribution in [2.45, 2.75) is 49.8 Å². The molecule has 0 aromatic heterocycles. The van der Waals surface area contributed by atoms with Crippen LogP contribution in [0, 0.1) is 11.8 Å². The molecule has 2 fully saturated rings. The number of piperidine rings is 2. The van der Waals surface area contributed by atoms with E-state index in [9.17, 15) is 4.79 Å². The van der Waals surface area contributed by atoms with E-state index in [1.54, 1.807) is 0 Å². The SMILES string of the molecule is NC(=O)Nc1ccc(SN2CCC(CCCC3CCNCC3)CC2)cc1. The summed E-state index contributed by atoms with van der Waals surface area (Å²) in [5, 5.41) is 6.06. The van der Waals surface area contributed by atoms with Crippen molar-refractivity contribution in [3.63, 3.8) is 0 Å². The van der Waals surface area contributed by atoms with Crippen molar-refractivity contribution < 1.29 is 4.79 Å². The second kappa shape index (κ2) is 10.2. The Morgan fingerprint density at radius 2 is 1.69 bits per heavy atom. The minimum atomic E-state index is -0.521. The smallest absolute Gasteiger partial charge is 0.316 e. The van der Waals surface area contributed by atoms with Crippen LogP contribution in [0.3, 0.4) is 0 Å². The number of benzene rings is 1. The maximum absolute atomic E-state index is 10.9. The Morgan fingerprint density at radius 3 is 2.31 bits per heavy atom. The Hall–Kier alpha value is -1.24. The normalized spacial score (nSPS) is 20.2. The Balaban J connectivity index is 1.32. The molecule has 1 aromatic rings. The van der Waals surface area contributed by atoms with Crippen LogP contribution in [0.5, 0.6) is 0 Å². The molecule has 5 nitrogen and oxygen atoms in total. The molecule has 3 rings (SSSR count). The predicted octanol–water partition coefficient (Wildman–Crippen LogP) is 4.07. The van der Waals surface area contributed by atoms with Gasteiger partial charge in [-0.15, -0.1) is 0 Å². The molecule has 2 aliphatic rings. The standard InChI is InChI=1S/C20H32N4OS/c21-20(25)23-18-4-6-19(7-5-18)26-24-14-10-17(11-15-24)3-1-2-16-8-12-22-13-9-16/h4-7,16-17,22H,1-3,8-15H2,(H3,21,23,25). The summed E-state index contributed by atoms with van der Waals surface area (Å²) in [6.07, 6.45) is 9.65. The van der Waals surface area contributed by atoms with Crippen LogP contribution in [0.15, 0.2) is 29.2 Å². The Morgan fingerprint density at radius 1 is 1.08 bits per heavy atom. The molecule has 2 saturated heterocycles. The third kappa shape index (κ3) is 6.49. The summed E-state index contributed by atoms with van der Waals surface area (Å²) in [6, 6.07) is 7.37. The molecule has 0 saturated carbocycles. The van der Waals surface area contributed by atoms with Gasteiger partial charge in [-0.25, -0.2) is 9.10 Å². The van der Waals surface area contributed by atoms with Crippen LogP contribution >= 0.6 is 11.9 Å². The number of carbonyl (C=O) groups is 1. The van der Waals surface area contributed by atoms with Crippen molar-refractivity contribution >= 4 is 23.7 Å². The van der Waals surface area contributed by atoms with Crippen molar-refractivity contribution in [1.29, 1.82) is 0 Å². The van der Waals surface area contributed by atoms with Crippen molar-refractivity contribution in [2.75, 3.05) is 31.5 Å². The molecule has 26 heavy (non-hydrogen) atoms. The van der Waals surface area contributed by atoms with E-state index >= 15 is 0 Å². The highest BCUT2D eigenvalue weighted by Gasteiger charge is 2.20. The van der Waals surface area contributed by atoms with Gasteiger partial charge in [-0.3, -0.25) is 0 Å². The van der Waals surface area contributed by atoms with E-state index in [1.807, 2.05) is 36.2 Å². The van der Waals surface area contributed by atoms with E-state index in [0.29, 0.717) is 0 Å². The maximum Gasteiger partial charge on any atom is 0.316 e. The van der Waals surface area contributed by atoms with Crippen LogP contribution in [0.2, 0.25) is 0 Å².